The van der Waals surface area contributed by atoms with Gasteiger partial charge in [-0.05, 0) is 32.3 Å². The quantitative estimate of drug-likeness (QED) is 0.799. The van der Waals surface area contributed by atoms with E-state index in [0.29, 0.717) is 28.8 Å². The molecular weight excluding hydrogens is 330 g/mol. The van der Waals surface area contributed by atoms with Crippen molar-refractivity contribution in [3.63, 3.8) is 0 Å². The molecule has 2 N–H and O–H groups in total. The van der Waals surface area contributed by atoms with E-state index >= 15 is 0 Å². The summed E-state index contributed by atoms with van der Waals surface area (Å²) in [5.74, 6) is 0.745. The smallest absolute Gasteiger partial charge is 0.274 e. The monoisotopic (exact) mass is 349 g/mol. The number of anilines is 2. The van der Waals surface area contributed by atoms with Gasteiger partial charge in [0, 0.05) is 24.2 Å². The maximum atomic E-state index is 12.4. The zero-order valence-corrected chi connectivity index (χ0v) is 14.6. The van der Waals surface area contributed by atoms with Crippen molar-refractivity contribution in [2.45, 2.75) is 0 Å². The molecule has 0 unspecified atom stereocenters. The van der Waals surface area contributed by atoms with E-state index in [9.17, 15) is 4.79 Å². The molecule has 0 saturated heterocycles. The highest BCUT2D eigenvalue weighted by Gasteiger charge is 2.12. The molecule has 2 rings (SSSR count). The Bertz CT molecular complexity index is 709. The molecule has 0 atom stereocenters. The van der Waals surface area contributed by atoms with Crippen LogP contribution in [0.5, 0.6) is 5.75 Å². The zero-order valence-electron chi connectivity index (χ0n) is 13.8. The van der Waals surface area contributed by atoms with Gasteiger partial charge in [0.15, 0.2) is 0 Å². The SMILES string of the molecule is COc1ccc(Cl)cc1NC(=O)c1cc(NCCN(C)C)ncn1. The third kappa shape index (κ3) is 5.07. The van der Waals surface area contributed by atoms with Gasteiger partial charge >= 0.3 is 0 Å². The topological polar surface area (TPSA) is 79.4 Å². The lowest BCUT2D eigenvalue weighted by molar-refractivity contribution is 0.102. The Hall–Kier alpha value is -2.38. The largest absolute Gasteiger partial charge is 0.495 e. The van der Waals surface area contributed by atoms with E-state index in [0.717, 1.165) is 6.54 Å². The molecule has 7 nitrogen and oxygen atoms in total. The van der Waals surface area contributed by atoms with E-state index in [1.807, 2.05) is 19.0 Å². The summed E-state index contributed by atoms with van der Waals surface area (Å²) in [6.45, 7) is 1.57. The minimum Gasteiger partial charge on any atom is -0.495 e. The van der Waals surface area contributed by atoms with Crippen LogP contribution in [0, 0.1) is 0 Å². The van der Waals surface area contributed by atoms with Gasteiger partial charge in [-0.3, -0.25) is 4.79 Å². The average molecular weight is 350 g/mol. The van der Waals surface area contributed by atoms with Crippen molar-refractivity contribution in [3.05, 3.63) is 41.3 Å². The molecule has 0 aliphatic carbocycles. The van der Waals surface area contributed by atoms with Gasteiger partial charge in [0.1, 0.15) is 23.6 Å². The van der Waals surface area contributed by atoms with Crippen LogP contribution < -0.4 is 15.4 Å². The Morgan fingerprint density at radius 3 is 2.79 bits per heavy atom. The summed E-state index contributed by atoms with van der Waals surface area (Å²) in [7, 11) is 5.49. The standard InChI is InChI=1S/C16H20ClN5O2/c1-22(2)7-6-18-15-9-13(19-10-20-15)16(23)21-12-8-11(17)4-5-14(12)24-3/h4-5,8-10H,6-7H2,1-3H3,(H,21,23)(H,18,19,20). The Labute approximate surface area is 146 Å². The predicted molar refractivity (Wildman–Crippen MR) is 95.0 cm³/mol. The number of aromatic nitrogens is 2. The van der Waals surface area contributed by atoms with Crippen LogP contribution in [0.3, 0.4) is 0 Å². The summed E-state index contributed by atoms with van der Waals surface area (Å²) in [5.41, 5.74) is 0.732. The number of benzene rings is 1. The highest BCUT2D eigenvalue weighted by atomic mass is 35.5. The molecule has 0 spiro atoms. The molecule has 24 heavy (non-hydrogen) atoms. The second kappa shape index (κ2) is 8.47. The first kappa shape index (κ1) is 18.0. The van der Waals surface area contributed by atoms with Crippen LogP contribution >= 0.6 is 11.6 Å². The summed E-state index contributed by atoms with van der Waals surface area (Å²) in [4.78, 5) is 22.6. The molecule has 0 aliphatic heterocycles. The maximum absolute atomic E-state index is 12.4. The minimum absolute atomic E-state index is 0.249. The lowest BCUT2D eigenvalue weighted by Crippen LogP contribution is -2.21. The summed E-state index contributed by atoms with van der Waals surface area (Å²) in [6.07, 6.45) is 1.35. The number of likely N-dealkylation sites (N-methyl/N-ethyl adjacent to an activating group) is 1. The van der Waals surface area contributed by atoms with Gasteiger partial charge in [0.25, 0.3) is 5.91 Å². The van der Waals surface area contributed by atoms with Crippen LogP contribution in [-0.4, -0.2) is 55.1 Å². The number of halogens is 1. The number of carbonyl (C=O) groups excluding carboxylic acids is 1. The zero-order chi connectivity index (χ0) is 17.5. The van der Waals surface area contributed by atoms with Gasteiger partial charge in [0.05, 0.1) is 12.8 Å². The summed E-state index contributed by atoms with van der Waals surface area (Å²) < 4.78 is 5.21. The molecule has 0 bridgehead atoms. The molecule has 1 heterocycles. The maximum Gasteiger partial charge on any atom is 0.274 e. The number of hydrogen-bond donors (Lipinski definition) is 2. The Balaban J connectivity index is 2.08. The number of hydrogen-bond acceptors (Lipinski definition) is 6. The first-order valence-electron chi connectivity index (χ1n) is 7.35. The third-order valence-electron chi connectivity index (χ3n) is 3.17. The van der Waals surface area contributed by atoms with Gasteiger partial charge in [-0.1, -0.05) is 11.6 Å². The fourth-order valence-electron chi connectivity index (χ4n) is 1.95. The first-order chi connectivity index (χ1) is 11.5. The molecule has 2 aromatic rings. The fraction of sp³-hybridized carbons (Fsp3) is 0.312. The van der Waals surface area contributed by atoms with Crippen molar-refractivity contribution >= 4 is 29.0 Å². The van der Waals surface area contributed by atoms with E-state index in [-0.39, 0.29) is 11.6 Å². The van der Waals surface area contributed by atoms with Crippen molar-refractivity contribution in [3.8, 4) is 5.75 Å². The van der Waals surface area contributed by atoms with Crippen molar-refractivity contribution in [2.75, 3.05) is 44.9 Å². The number of carbonyl (C=O) groups is 1. The Morgan fingerprint density at radius 1 is 1.29 bits per heavy atom. The minimum atomic E-state index is -0.367. The summed E-state index contributed by atoms with van der Waals surface area (Å²) in [5, 5.41) is 6.39. The van der Waals surface area contributed by atoms with E-state index in [1.54, 1.807) is 24.3 Å². The van der Waals surface area contributed by atoms with Crippen LogP contribution in [0.2, 0.25) is 5.02 Å². The van der Waals surface area contributed by atoms with E-state index < -0.39 is 0 Å². The second-order valence-electron chi connectivity index (χ2n) is 5.32. The van der Waals surface area contributed by atoms with E-state index in [4.69, 9.17) is 16.3 Å². The van der Waals surface area contributed by atoms with Gasteiger partial charge in [0.2, 0.25) is 0 Å². The summed E-state index contributed by atoms with van der Waals surface area (Å²) >= 11 is 5.96. The lowest BCUT2D eigenvalue weighted by Gasteiger charge is -2.12. The van der Waals surface area contributed by atoms with Crippen LogP contribution in [0.25, 0.3) is 0 Å². The van der Waals surface area contributed by atoms with E-state index in [1.165, 1.54) is 13.4 Å². The number of nitrogens with one attached hydrogen (secondary N) is 2. The number of rotatable bonds is 7. The number of amides is 1. The van der Waals surface area contributed by atoms with Crippen LogP contribution in [-0.2, 0) is 0 Å². The van der Waals surface area contributed by atoms with Crippen molar-refractivity contribution in [2.24, 2.45) is 0 Å². The van der Waals surface area contributed by atoms with Gasteiger partial charge in [-0.2, -0.15) is 0 Å². The molecule has 128 valence electrons. The third-order valence-corrected chi connectivity index (χ3v) is 3.41. The number of nitrogens with zero attached hydrogens (tertiary/aromatic N) is 3. The van der Waals surface area contributed by atoms with E-state index in [2.05, 4.69) is 20.6 Å². The normalized spacial score (nSPS) is 10.5. The molecule has 0 fully saturated rings. The molecule has 1 amide bonds. The van der Waals surface area contributed by atoms with Gasteiger partial charge in [-0.25, -0.2) is 9.97 Å². The Kier molecular flexibility index (Phi) is 6.34. The van der Waals surface area contributed by atoms with Crippen molar-refractivity contribution < 1.29 is 9.53 Å². The molecule has 0 radical (unpaired) electrons. The van der Waals surface area contributed by atoms with Crippen molar-refractivity contribution in [1.82, 2.24) is 14.9 Å². The van der Waals surface area contributed by atoms with Crippen LogP contribution in [0.4, 0.5) is 11.5 Å². The highest BCUT2D eigenvalue weighted by molar-refractivity contribution is 6.31. The predicted octanol–water partition coefficient (Wildman–Crippen LogP) is 2.36. The van der Waals surface area contributed by atoms with Crippen LogP contribution in [0.15, 0.2) is 30.6 Å². The molecule has 1 aromatic carbocycles. The second-order valence-corrected chi connectivity index (χ2v) is 5.75. The van der Waals surface area contributed by atoms with Gasteiger partial charge in [-0.15, -0.1) is 0 Å². The summed E-state index contributed by atoms with van der Waals surface area (Å²) in [6, 6.07) is 6.59. The fourth-order valence-corrected chi connectivity index (χ4v) is 2.12. The Morgan fingerprint density at radius 2 is 2.08 bits per heavy atom. The lowest BCUT2D eigenvalue weighted by atomic mass is 10.2. The van der Waals surface area contributed by atoms with Crippen LogP contribution in [0.1, 0.15) is 10.5 Å². The first-order valence-corrected chi connectivity index (χ1v) is 7.73. The highest BCUT2D eigenvalue weighted by Crippen LogP contribution is 2.28. The molecular formula is C16H20ClN5O2. The molecule has 8 heteroatoms. The molecule has 0 saturated carbocycles. The number of methoxy groups -OCH3 is 1. The van der Waals surface area contributed by atoms with Crippen molar-refractivity contribution in [1.29, 1.82) is 0 Å². The molecule has 1 aromatic heterocycles. The average Bonchev–Trinajstić information content (AvgIpc) is 2.55. The van der Waals surface area contributed by atoms with Gasteiger partial charge < -0.3 is 20.3 Å². The molecule has 0 aliphatic rings. The number of ether oxygens (including phenoxy) is 1.